The van der Waals surface area contributed by atoms with Crippen LogP contribution in [0.4, 0.5) is 0 Å². The predicted molar refractivity (Wildman–Crippen MR) is 58.5 cm³/mol. The van der Waals surface area contributed by atoms with Gasteiger partial charge in [0.2, 0.25) is 5.91 Å². The number of carbonyl (C=O) groups is 2. The summed E-state index contributed by atoms with van der Waals surface area (Å²) >= 11 is 3.26. The number of benzene rings is 1. The second-order valence-electron chi connectivity index (χ2n) is 2.78. The van der Waals surface area contributed by atoms with E-state index >= 15 is 0 Å². The van der Waals surface area contributed by atoms with Crippen molar-refractivity contribution in [2.45, 2.75) is 0 Å². The van der Waals surface area contributed by atoms with Crippen molar-refractivity contribution in [3.05, 3.63) is 34.3 Å². The Bertz CT molecular complexity index is 355. The molecule has 4 nitrogen and oxygen atoms in total. The molecular weight excluding hydrogens is 262 g/mol. The molecule has 0 spiro atoms. The number of hydrogen-bond acceptors (Lipinski definition) is 3. The van der Waals surface area contributed by atoms with Crippen molar-refractivity contribution in [1.29, 1.82) is 0 Å². The third-order valence-electron chi connectivity index (χ3n) is 1.59. The van der Waals surface area contributed by atoms with Gasteiger partial charge in [0, 0.05) is 4.47 Å². The number of ether oxygens (including phenoxy) is 1. The third-order valence-corrected chi connectivity index (χ3v) is 2.12. The molecule has 0 bridgehead atoms. The minimum atomic E-state index is -0.308. The molecule has 1 fully saturated rings. The molecule has 1 aromatic rings. The van der Waals surface area contributed by atoms with Crippen molar-refractivity contribution in [3.63, 3.8) is 0 Å². The van der Waals surface area contributed by atoms with Crippen LogP contribution in [0, 0.1) is 0 Å². The molecule has 0 aliphatic carbocycles. The first-order valence-electron chi connectivity index (χ1n) is 4.24. The highest BCUT2D eigenvalue weighted by molar-refractivity contribution is 9.10. The summed E-state index contributed by atoms with van der Waals surface area (Å²) in [6.45, 7) is 0.597. The van der Waals surface area contributed by atoms with Crippen LogP contribution in [-0.4, -0.2) is 25.5 Å². The summed E-state index contributed by atoms with van der Waals surface area (Å²) in [6.07, 6.45) is 0. The highest BCUT2D eigenvalue weighted by atomic mass is 79.9. The Hall–Kier alpha value is -1.36. The van der Waals surface area contributed by atoms with Gasteiger partial charge in [0.15, 0.2) is 0 Å². The van der Waals surface area contributed by atoms with Crippen LogP contribution in [-0.2, 0) is 9.53 Å². The monoisotopic (exact) mass is 271 g/mol. The normalized spacial score (nSPS) is 12.0. The van der Waals surface area contributed by atoms with Gasteiger partial charge < -0.3 is 10.1 Å². The number of methoxy groups -OCH3 is 1. The molecule has 0 unspecified atom stereocenters. The van der Waals surface area contributed by atoms with Crippen LogP contribution in [0.15, 0.2) is 28.7 Å². The first-order chi connectivity index (χ1) is 7.13. The topological polar surface area (TPSA) is 65.3 Å². The molecule has 0 aromatic heterocycles. The van der Waals surface area contributed by atoms with Crippen LogP contribution in [0.1, 0.15) is 10.4 Å². The van der Waals surface area contributed by atoms with E-state index < -0.39 is 0 Å². The van der Waals surface area contributed by atoms with E-state index in [1.807, 2.05) is 0 Å². The van der Waals surface area contributed by atoms with Crippen molar-refractivity contribution >= 4 is 27.8 Å². The molecule has 2 rings (SSSR count). The maximum Gasteiger partial charge on any atom is 0.337 e. The van der Waals surface area contributed by atoms with Gasteiger partial charge in [0.1, 0.15) is 0 Å². The van der Waals surface area contributed by atoms with Crippen molar-refractivity contribution in [2.24, 2.45) is 0 Å². The van der Waals surface area contributed by atoms with Crippen LogP contribution in [0.3, 0.4) is 0 Å². The minimum Gasteiger partial charge on any atom is -0.465 e. The quantitative estimate of drug-likeness (QED) is 0.620. The summed E-state index contributed by atoms with van der Waals surface area (Å²) in [7, 11) is 1.37. The van der Waals surface area contributed by atoms with E-state index in [-0.39, 0.29) is 11.9 Å². The van der Waals surface area contributed by atoms with Crippen LogP contribution < -0.4 is 5.32 Å². The summed E-state index contributed by atoms with van der Waals surface area (Å²) in [6, 6.07) is 7.00. The van der Waals surface area contributed by atoms with Gasteiger partial charge in [-0.2, -0.15) is 0 Å². The summed E-state index contributed by atoms with van der Waals surface area (Å²) in [5.41, 5.74) is 0.565. The van der Waals surface area contributed by atoms with Gasteiger partial charge in [-0.15, -0.1) is 0 Å². The minimum absolute atomic E-state index is 0.167. The molecule has 15 heavy (non-hydrogen) atoms. The van der Waals surface area contributed by atoms with E-state index in [9.17, 15) is 9.59 Å². The molecule has 80 valence electrons. The number of esters is 1. The highest BCUT2D eigenvalue weighted by Gasteiger charge is 2.10. The molecule has 1 amide bonds. The Kier molecular flexibility index (Phi) is 4.30. The zero-order valence-corrected chi connectivity index (χ0v) is 9.71. The Balaban J connectivity index is 0.000000234. The molecule has 1 N–H and O–H groups in total. The molecular formula is C10H10BrNO3. The number of rotatable bonds is 1. The Morgan fingerprint density at radius 1 is 1.40 bits per heavy atom. The van der Waals surface area contributed by atoms with Gasteiger partial charge >= 0.3 is 5.97 Å². The molecule has 0 saturated carbocycles. The van der Waals surface area contributed by atoms with E-state index in [2.05, 4.69) is 26.0 Å². The summed E-state index contributed by atoms with van der Waals surface area (Å²) < 4.78 is 5.47. The van der Waals surface area contributed by atoms with Gasteiger partial charge in [-0.1, -0.05) is 15.9 Å². The first kappa shape index (κ1) is 11.7. The number of hydrogen-bond donors (Lipinski definition) is 1. The largest absolute Gasteiger partial charge is 0.465 e. The van der Waals surface area contributed by atoms with E-state index in [1.54, 1.807) is 24.3 Å². The lowest BCUT2D eigenvalue weighted by molar-refractivity contribution is -0.110. The molecule has 1 aromatic carbocycles. The number of carbonyl (C=O) groups excluding carboxylic acids is 2. The van der Waals surface area contributed by atoms with E-state index in [0.717, 1.165) is 4.47 Å². The van der Waals surface area contributed by atoms with Crippen molar-refractivity contribution in [1.82, 2.24) is 5.32 Å². The van der Waals surface area contributed by atoms with Crippen LogP contribution in [0.25, 0.3) is 0 Å². The zero-order chi connectivity index (χ0) is 11.3. The summed E-state index contributed by atoms with van der Waals surface area (Å²) in [4.78, 5) is 20.3. The van der Waals surface area contributed by atoms with E-state index in [1.165, 1.54) is 7.11 Å². The Labute approximate surface area is 95.7 Å². The molecule has 0 radical (unpaired) electrons. The van der Waals surface area contributed by atoms with Crippen molar-refractivity contribution in [2.75, 3.05) is 13.7 Å². The van der Waals surface area contributed by atoms with Crippen LogP contribution in [0.5, 0.6) is 0 Å². The molecule has 0 atom stereocenters. The Morgan fingerprint density at radius 2 is 1.87 bits per heavy atom. The lowest BCUT2D eigenvalue weighted by atomic mass is 10.2. The Morgan fingerprint density at radius 3 is 2.20 bits per heavy atom. The van der Waals surface area contributed by atoms with Crippen molar-refractivity contribution < 1.29 is 14.3 Å². The van der Waals surface area contributed by atoms with Crippen molar-refractivity contribution in [3.8, 4) is 0 Å². The average molecular weight is 272 g/mol. The molecule has 1 aliphatic rings. The predicted octanol–water partition coefficient (Wildman–Crippen LogP) is 1.35. The highest BCUT2D eigenvalue weighted by Crippen LogP contribution is 2.10. The number of nitrogens with one attached hydrogen (secondary N) is 1. The zero-order valence-electron chi connectivity index (χ0n) is 8.12. The maximum atomic E-state index is 10.9. The second kappa shape index (κ2) is 5.50. The van der Waals surface area contributed by atoms with Crippen LogP contribution in [0.2, 0.25) is 0 Å². The second-order valence-corrected chi connectivity index (χ2v) is 3.69. The van der Waals surface area contributed by atoms with Gasteiger partial charge in [0.05, 0.1) is 19.2 Å². The number of halogens is 1. The third kappa shape index (κ3) is 4.60. The fourth-order valence-corrected chi connectivity index (χ4v) is 1.00. The van der Waals surface area contributed by atoms with Gasteiger partial charge in [-0.05, 0) is 24.3 Å². The fraction of sp³-hybridized carbons (Fsp3) is 0.200. The maximum absolute atomic E-state index is 10.9. The first-order valence-corrected chi connectivity index (χ1v) is 5.03. The lowest BCUT2D eigenvalue weighted by Gasteiger charge is -1.97. The van der Waals surface area contributed by atoms with Gasteiger partial charge in [0.25, 0.3) is 0 Å². The molecule has 1 saturated heterocycles. The fourth-order valence-electron chi connectivity index (χ4n) is 0.740. The standard InChI is InChI=1S/C8H7BrO2.C2H3NO/c1-11-8(10)6-2-4-7(9)5-3-6;4-2-1-3-2/h2-5H,1H3;1H2,(H,3,4). The number of amides is 1. The van der Waals surface area contributed by atoms with E-state index in [0.29, 0.717) is 12.1 Å². The lowest BCUT2D eigenvalue weighted by Crippen LogP contribution is -1.99. The van der Waals surface area contributed by atoms with Gasteiger partial charge in [-0.3, -0.25) is 4.79 Å². The smallest absolute Gasteiger partial charge is 0.337 e. The van der Waals surface area contributed by atoms with Crippen LogP contribution >= 0.6 is 15.9 Å². The SMILES string of the molecule is COC(=O)c1ccc(Br)cc1.O=C1CN1. The van der Waals surface area contributed by atoms with E-state index in [4.69, 9.17) is 0 Å². The summed E-state index contributed by atoms with van der Waals surface area (Å²) in [5.74, 6) is -0.141. The average Bonchev–Trinajstić information content (AvgIpc) is 3.02. The molecule has 1 aliphatic heterocycles. The molecule has 1 heterocycles. The summed E-state index contributed by atoms with van der Waals surface area (Å²) in [5, 5.41) is 2.46. The molecule has 5 heteroatoms. The van der Waals surface area contributed by atoms with Gasteiger partial charge in [-0.25, -0.2) is 4.79 Å².